The zero-order valence-corrected chi connectivity index (χ0v) is 6.50. The van der Waals surface area contributed by atoms with E-state index in [2.05, 4.69) is 16.1 Å². The topological polar surface area (TPSA) is 38.9 Å². The number of hydrogen-bond donors (Lipinski definition) is 0. The number of terminal acetylenes is 1. The maximum atomic E-state index is 5.14. The molecule has 0 aliphatic heterocycles. The average molecular weight is 150 g/mol. The molecule has 0 aromatic carbocycles. The van der Waals surface area contributed by atoms with Crippen LogP contribution in [0.1, 0.15) is 24.6 Å². The number of hydrogen-bond acceptors (Lipinski definition) is 3. The van der Waals surface area contributed by atoms with E-state index >= 15 is 0 Å². The van der Waals surface area contributed by atoms with Crippen molar-refractivity contribution in [1.82, 2.24) is 10.2 Å². The van der Waals surface area contributed by atoms with Crippen LogP contribution in [0.2, 0.25) is 0 Å². The van der Waals surface area contributed by atoms with Gasteiger partial charge in [0.1, 0.15) is 0 Å². The van der Waals surface area contributed by atoms with E-state index in [-0.39, 0.29) is 0 Å². The molecule has 0 bridgehead atoms. The molecular weight excluding hydrogens is 140 g/mol. The summed E-state index contributed by atoms with van der Waals surface area (Å²) in [5.74, 6) is 3.85. The van der Waals surface area contributed by atoms with Crippen LogP contribution in [-0.4, -0.2) is 10.2 Å². The van der Waals surface area contributed by atoms with Gasteiger partial charge in [-0.1, -0.05) is 0 Å². The molecule has 1 rings (SSSR count). The second-order valence-corrected chi connectivity index (χ2v) is 2.27. The Morgan fingerprint density at radius 1 is 1.55 bits per heavy atom. The van der Waals surface area contributed by atoms with E-state index in [4.69, 9.17) is 10.8 Å². The molecule has 0 saturated carbocycles. The maximum Gasteiger partial charge on any atom is 0.216 e. The van der Waals surface area contributed by atoms with Gasteiger partial charge in [0, 0.05) is 19.8 Å². The van der Waals surface area contributed by atoms with Gasteiger partial charge in [0.15, 0.2) is 0 Å². The van der Waals surface area contributed by atoms with Crippen molar-refractivity contribution < 1.29 is 4.42 Å². The molecule has 0 radical (unpaired) electrons. The van der Waals surface area contributed by atoms with Gasteiger partial charge >= 0.3 is 0 Å². The minimum Gasteiger partial charge on any atom is -0.426 e. The highest BCUT2D eigenvalue weighted by atomic mass is 16.4. The van der Waals surface area contributed by atoms with Crippen molar-refractivity contribution >= 4 is 0 Å². The largest absolute Gasteiger partial charge is 0.426 e. The van der Waals surface area contributed by atoms with E-state index in [1.807, 2.05) is 0 Å². The van der Waals surface area contributed by atoms with Crippen molar-refractivity contribution in [2.45, 2.75) is 26.2 Å². The molecule has 1 aromatic rings. The van der Waals surface area contributed by atoms with Gasteiger partial charge in [-0.25, -0.2) is 0 Å². The quantitative estimate of drug-likeness (QED) is 0.482. The summed E-state index contributed by atoms with van der Waals surface area (Å²) in [6.07, 6.45) is 7.54. The Hall–Kier alpha value is -1.30. The van der Waals surface area contributed by atoms with Crippen molar-refractivity contribution in [3.05, 3.63) is 11.8 Å². The summed E-state index contributed by atoms with van der Waals surface area (Å²) in [4.78, 5) is 0. The molecule has 11 heavy (non-hydrogen) atoms. The van der Waals surface area contributed by atoms with Crippen LogP contribution >= 0.6 is 0 Å². The molecule has 0 saturated heterocycles. The summed E-state index contributed by atoms with van der Waals surface area (Å²) in [6, 6.07) is 0. The molecule has 3 heteroatoms. The van der Waals surface area contributed by atoms with Crippen molar-refractivity contribution in [3.63, 3.8) is 0 Å². The third kappa shape index (κ3) is 2.42. The van der Waals surface area contributed by atoms with Crippen LogP contribution in [0.3, 0.4) is 0 Å². The second-order valence-electron chi connectivity index (χ2n) is 2.27. The average Bonchev–Trinajstić information content (AvgIpc) is 2.37. The van der Waals surface area contributed by atoms with Crippen molar-refractivity contribution in [1.29, 1.82) is 0 Å². The van der Waals surface area contributed by atoms with Crippen LogP contribution in [0.4, 0.5) is 0 Å². The number of rotatable bonds is 3. The van der Waals surface area contributed by atoms with Crippen molar-refractivity contribution in [2.75, 3.05) is 0 Å². The van der Waals surface area contributed by atoms with E-state index in [0.29, 0.717) is 11.8 Å². The molecule has 0 amide bonds. The number of aryl methyl sites for hydroxylation is 2. The minimum atomic E-state index is 0.612. The van der Waals surface area contributed by atoms with Gasteiger partial charge in [-0.05, 0) is 6.42 Å². The van der Waals surface area contributed by atoms with Crippen LogP contribution in [0.15, 0.2) is 4.42 Å². The number of unbranched alkanes of at least 4 members (excludes halogenated alkanes) is 1. The molecule has 0 fully saturated rings. The highest BCUT2D eigenvalue weighted by Gasteiger charge is 1.99. The molecule has 0 N–H and O–H groups in total. The molecule has 58 valence electrons. The van der Waals surface area contributed by atoms with Gasteiger partial charge < -0.3 is 4.42 Å². The molecule has 1 heterocycles. The Morgan fingerprint density at radius 3 is 2.91 bits per heavy atom. The Kier molecular flexibility index (Phi) is 2.67. The molecule has 0 aliphatic carbocycles. The first-order chi connectivity index (χ1) is 5.33. The van der Waals surface area contributed by atoms with Crippen molar-refractivity contribution in [3.8, 4) is 12.3 Å². The first-order valence-corrected chi connectivity index (χ1v) is 3.55. The van der Waals surface area contributed by atoms with E-state index < -0.39 is 0 Å². The maximum absolute atomic E-state index is 5.14. The lowest BCUT2D eigenvalue weighted by Crippen LogP contribution is -1.83. The van der Waals surface area contributed by atoms with Crippen LogP contribution in [0.5, 0.6) is 0 Å². The third-order valence-electron chi connectivity index (χ3n) is 1.28. The summed E-state index contributed by atoms with van der Waals surface area (Å²) in [5, 5.41) is 7.53. The molecule has 1 aromatic heterocycles. The molecule has 0 aliphatic rings. The highest BCUT2D eigenvalue weighted by molar-refractivity contribution is 4.86. The Balaban J connectivity index is 2.34. The summed E-state index contributed by atoms with van der Waals surface area (Å²) in [5.41, 5.74) is 0. The van der Waals surface area contributed by atoms with Crippen molar-refractivity contribution in [2.24, 2.45) is 0 Å². The van der Waals surface area contributed by atoms with Gasteiger partial charge in [0.2, 0.25) is 11.8 Å². The van der Waals surface area contributed by atoms with E-state index in [0.717, 1.165) is 19.3 Å². The fourth-order valence-electron chi connectivity index (χ4n) is 0.780. The van der Waals surface area contributed by atoms with Gasteiger partial charge in [-0.15, -0.1) is 22.5 Å². The summed E-state index contributed by atoms with van der Waals surface area (Å²) >= 11 is 0. The van der Waals surface area contributed by atoms with Gasteiger partial charge in [0.25, 0.3) is 0 Å². The first-order valence-electron chi connectivity index (χ1n) is 3.55. The monoisotopic (exact) mass is 150 g/mol. The molecule has 3 nitrogen and oxygen atoms in total. The Morgan fingerprint density at radius 2 is 2.36 bits per heavy atom. The molecule has 0 spiro atoms. The first kappa shape index (κ1) is 7.80. The van der Waals surface area contributed by atoms with E-state index in [1.54, 1.807) is 6.92 Å². The number of nitrogens with zero attached hydrogens (tertiary/aromatic N) is 2. The highest BCUT2D eigenvalue weighted by Crippen LogP contribution is 2.02. The Labute approximate surface area is 65.8 Å². The van der Waals surface area contributed by atoms with Crippen LogP contribution < -0.4 is 0 Å². The molecule has 0 atom stereocenters. The van der Waals surface area contributed by atoms with Gasteiger partial charge in [-0.3, -0.25) is 0 Å². The molecule has 0 unspecified atom stereocenters. The summed E-state index contributed by atoms with van der Waals surface area (Å²) in [6.45, 7) is 1.78. The second kappa shape index (κ2) is 3.77. The smallest absolute Gasteiger partial charge is 0.216 e. The van der Waals surface area contributed by atoms with Crippen LogP contribution in [-0.2, 0) is 6.42 Å². The lowest BCUT2D eigenvalue weighted by atomic mass is 10.2. The lowest BCUT2D eigenvalue weighted by molar-refractivity contribution is 0.463. The predicted octanol–water partition coefficient (Wildman–Crippen LogP) is 1.33. The predicted molar refractivity (Wildman–Crippen MR) is 40.8 cm³/mol. The zero-order chi connectivity index (χ0) is 8.10. The summed E-state index contributed by atoms with van der Waals surface area (Å²) < 4.78 is 5.14. The number of aromatic nitrogens is 2. The van der Waals surface area contributed by atoms with E-state index in [1.165, 1.54) is 0 Å². The summed E-state index contributed by atoms with van der Waals surface area (Å²) in [7, 11) is 0. The van der Waals surface area contributed by atoms with Gasteiger partial charge in [-0.2, -0.15) is 0 Å². The lowest BCUT2D eigenvalue weighted by Gasteiger charge is -1.87. The fourth-order valence-corrected chi connectivity index (χ4v) is 0.780. The Bertz CT molecular complexity index is 259. The third-order valence-corrected chi connectivity index (χ3v) is 1.28. The van der Waals surface area contributed by atoms with Crippen LogP contribution in [0.25, 0.3) is 0 Å². The van der Waals surface area contributed by atoms with E-state index in [9.17, 15) is 0 Å². The van der Waals surface area contributed by atoms with Crippen LogP contribution in [0, 0.1) is 19.3 Å². The standard InChI is InChI=1S/C8H10N2O/c1-3-4-5-6-8-10-9-7(2)11-8/h1H,4-6H2,2H3. The molecular formula is C8H10N2O. The normalized spacial score (nSPS) is 9.45. The fraction of sp³-hybridized carbons (Fsp3) is 0.500. The van der Waals surface area contributed by atoms with Gasteiger partial charge in [0.05, 0.1) is 0 Å². The SMILES string of the molecule is C#CCCCc1nnc(C)o1. The zero-order valence-electron chi connectivity index (χ0n) is 6.50. The minimum absolute atomic E-state index is 0.612.